The fraction of sp³-hybridized carbons (Fsp3) is 0.636. The van der Waals surface area contributed by atoms with Crippen LogP contribution in [-0.2, 0) is 19.7 Å². The maximum Gasteiger partial charge on any atom is 0.412 e. The number of carbonyl (C=O) groups excluding carboxylic acids is 2. The number of ether oxygens (including phenoxy) is 3. The number of benzene rings is 1. The number of nitrogens with zero attached hydrogens (tertiary/aromatic N) is 2. The summed E-state index contributed by atoms with van der Waals surface area (Å²) in [7, 11) is 3.67. The average molecular weight is 400 g/mol. The molecule has 7 nitrogen and oxygen atoms in total. The highest BCUT2D eigenvalue weighted by Gasteiger charge is 2.83. The fourth-order valence-corrected chi connectivity index (χ4v) is 6.45. The van der Waals surface area contributed by atoms with Crippen molar-refractivity contribution in [1.82, 2.24) is 4.90 Å². The molecule has 0 saturated carbocycles. The first kappa shape index (κ1) is 18.7. The summed E-state index contributed by atoms with van der Waals surface area (Å²) in [5.41, 5.74) is -0.729. The van der Waals surface area contributed by atoms with Gasteiger partial charge in [-0.25, -0.2) is 4.79 Å². The first-order valence-electron chi connectivity index (χ1n) is 10.2. The molecular weight excluding hydrogens is 372 g/mol. The van der Waals surface area contributed by atoms with E-state index in [1.165, 1.54) is 0 Å². The van der Waals surface area contributed by atoms with Crippen LogP contribution in [0, 0.1) is 0 Å². The third-order valence-corrected chi connectivity index (χ3v) is 7.27. The highest BCUT2D eigenvalue weighted by molar-refractivity contribution is 5.80. The van der Waals surface area contributed by atoms with Gasteiger partial charge in [-0.3, -0.25) is 4.90 Å². The minimum absolute atomic E-state index is 0.157. The number of hydrogen-bond acceptors (Lipinski definition) is 6. The number of likely N-dealkylation sites (tertiary alicyclic amines) is 1. The molecule has 1 aromatic carbocycles. The molecule has 0 N–H and O–H groups in total. The van der Waals surface area contributed by atoms with E-state index >= 15 is 0 Å². The van der Waals surface area contributed by atoms with Gasteiger partial charge in [0.2, 0.25) is 0 Å². The van der Waals surface area contributed by atoms with Gasteiger partial charge in [-0.05, 0) is 63.8 Å². The molecule has 0 aliphatic carbocycles. The van der Waals surface area contributed by atoms with Gasteiger partial charge in [0, 0.05) is 19.3 Å². The Morgan fingerprint density at radius 1 is 1.28 bits per heavy atom. The second kappa shape index (κ2) is 5.45. The van der Waals surface area contributed by atoms with Crippen LogP contribution in [0.25, 0.3) is 0 Å². The molecule has 1 aromatic rings. The lowest BCUT2D eigenvalue weighted by molar-refractivity contribution is -0.148. The van der Waals surface area contributed by atoms with Gasteiger partial charge in [0.05, 0.1) is 18.6 Å². The highest BCUT2D eigenvalue weighted by Crippen LogP contribution is 2.71. The van der Waals surface area contributed by atoms with Crippen molar-refractivity contribution in [2.75, 3.05) is 25.6 Å². The van der Waals surface area contributed by atoms with Crippen molar-refractivity contribution in [1.29, 1.82) is 0 Å². The van der Waals surface area contributed by atoms with Gasteiger partial charge >= 0.3 is 6.09 Å². The van der Waals surface area contributed by atoms with E-state index in [1.807, 2.05) is 40.0 Å². The van der Waals surface area contributed by atoms with Crippen molar-refractivity contribution in [3.63, 3.8) is 0 Å². The quantitative estimate of drug-likeness (QED) is 0.711. The van der Waals surface area contributed by atoms with Gasteiger partial charge in [-0.1, -0.05) is 0 Å². The Kier molecular flexibility index (Phi) is 3.52. The van der Waals surface area contributed by atoms with E-state index in [0.29, 0.717) is 19.4 Å². The van der Waals surface area contributed by atoms with Crippen LogP contribution in [0.4, 0.5) is 10.5 Å². The number of amides is 1. The van der Waals surface area contributed by atoms with Gasteiger partial charge in [0.15, 0.2) is 12.0 Å². The molecular formula is C22H28N2O5. The zero-order valence-corrected chi connectivity index (χ0v) is 17.7. The van der Waals surface area contributed by atoms with Crippen LogP contribution in [0.3, 0.4) is 0 Å². The summed E-state index contributed by atoms with van der Waals surface area (Å²) in [6, 6.07) is 5.88. The minimum Gasteiger partial charge on any atom is -0.497 e. The molecule has 4 heterocycles. The minimum atomic E-state index is -0.929. The molecule has 29 heavy (non-hydrogen) atoms. The molecule has 4 atom stereocenters. The molecule has 0 unspecified atom stereocenters. The van der Waals surface area contributed by atoms with Crippen LogP contribution >= 0.6 is 0 Å². The van der Waals surface area contributed by atoms with Crippen molar-refractivity contribution in [3.8, 4) is 5.75 Å². The van der Waals surface area contributed by atoms with E-state index in [2.05, 4.69) is 11.0 Å². The third kappa shape index (κ3) is 2.02. The second-order valence-corrected chi connectivity index (χ2v) is 9.71. The summed E-state index contributed by atoms with van der Waals surface area (Å²) in [6.07, 6.45) is 2.51. The number of fused-ring (bicyclic) bond motifs is 3. The largest absolute Gasteiger partial charge is 0.497 e. The first-order chi connectivity index (χ1) is 13.6. The Morgan fingerprint density at radius 2 is 2.03 bits per heavy atom. The number of carbonyl (C=O) groups is 2. The van der Waals surface area contributed by atoms with Crippen LogP contribution in [0.1, 0.15) is 45.6 Å². The van der Waals surface area contributed by atoms with Gasteiger partial charge in [0.1, 0.15) is 17.0 Å². The number of likely N-dealkylation sites (N-methyl/N-ethyl adjacent to an activating group) is 1. The lowest BCUT2D eigenvalue weighted by Crippen LogP contribution is -2.61. The smallest absolute Gasteiger partial charge is 0.412 e. The zero-order chi connectivity index (χ0) is 20.8. The van der Waals surface area contributed by atoms with E-state index in [1.54, 1.807) is 12.0 Å². The molecule has 4 aliphatic rings. The summed E-state index contributed by atoms with van der Waals surface area (Å²) < 4.78 is 17.8. The molecule has 1 amide bonds. The maximum atomic E-state index is 13.2. The molecule has 3 fully saturated rings. The summed E-state index contributed by atoms with van der Waals surface area (Å²) in [5, 5.41) is 0. The van der Waals surface area contributed by atoms with Crippen LogP contribution in [-0.4, -0.2) is 61.0 Å². The second-order valence-electron chi connectivity index (χ2n) is 9.71. The molecule has 7 heteroatoms. The summed E-state index contributed by atoms with van der Waals surface area (Å²) in [4.78, 5) is 29.5. The zero-order valence-electron chi connectivity index (χ0n) is 17.7. The molecule has 4 aliphatic heterocycles. The predicted octanol–water partition coefficient (Wildman–Crippen LogP) is 2.85. The molecule has 0 aromatic heterocycles. The fourth-order valence-electron chi connectivity index (χ4n) is 6.45. The SMILES string of the molecule is COc1ccc2c(c1)[C@]13CCN(C(=O)OC(C)(C)C)[C@]14CC[C@@](C=O)(O4)[C@@H]3N2C. The molecule has 5 rings (SSSR count). The van der Waals surface area contributed by atoms with Crippen molar-refractivity contribution in [2.45, 2.75) is 68.4 Å². The average Bonchev–Trinajstić information content (AvgIpc) is 3.34. The third-order valence-electron chi connectivity index (χ3n) is 7.27. The molecule has 2 spiro atoms. The van der Waals surface area contributed by atoms with Crippen molar-refractivity contribution < 1.29 is 23.8 Å². The number of anilines is 1. The summed E-state index contributed by atoms with van der Waals surface area (Å²) in [6.45, 7) is 6.12. The van der Waals surface area contributed by atoms with E-state index in [4.69, 9.17) is 14.2 Å². The van der Waals surface area contributed by atoms with Crippen molar-refractivity contribution >= 4 is 18.1 Å². The first-order valence-corrected chi connectivity index (χ1v) is 10.2. The molecule has 156 valence electrons. The number of aldehydes is 1. The summed E-state index contributed by atoms with van der Waals surface area (Å²) in [5.74, 6) is 0.765. The predicted molar refractivity (Wildman–Crippen MR) is 106 cm³/mol. The Morgan fingerprint density at radius 3 is 2.69 bits per heavy atom. The monoisotopic (exact) mass is 400 g/mol. The van der Waals surface area contributed by atoms with Gasteiger partial charge in [-0.2, -0.15) is 0 Å². The number of rotatable bonds is 2. The van der Waals surface area contributed by atoms with Crippen molar-refractivity contribution in [2.24, 2.45) is 0 Å². The lowest BCUT2D eigenvalue weighted by atomic mass is 9.61. The van der Waals surface area contributed by atoms with Crippen LogP contribution in [0.2, 0.25) is 0 Å². The summed E-state index contributed by atoms with van der Waals surface area (Å²) >= 11 is 0. The topological polar surface area (TPSA) is 68.3 Å². The standard InChI is InChI=1S/C22H28N2O5/c1-19(2,3)28-18(26)24-11-10-21-15-12-14(27-5)6-7-16(15)23(4)17(21)20(13-25)8-9-22(21,24)29-20/h6-7,12-13,17H,8-11H2,1-5H3/t17-,20-,21-,22-/m0/s1. The lowest BCUT2D eigenvalue weighted by Gasteiger charge is -2.44. The number of hydrogen-bond donors (Lipinski definition) is 0. The van der Waals surface area contributed by atoms with E-state index in [9.17, 15) is 9.59 Å². The Bertz CT molecular complexity index is 911. The van der Waals surface area contributed by atoms with Crippen LogP contribution < -0.4 is 9.64 Å². The van der Waals surface area contributed by atoms with Crippen molar-refractivity contribution in [3.05, 3.63) is 23.8 Å². The Balaban J connectivity index is 1.69. The Hall–Kier alpha value is -2.28. The van der Waals surface area contributed by atoms with E-state index in [0.717, 1.165) is 29.7 Å². The van der Waals surface area contributed by atoms with Gasteiger partial charge < -0.3 is 23.9 Å². The highest BCUT2D eigenvalue weighted by atomic mass is 16.6. The van der Waals surface area contributed by atoms with E-state index in [-0.39, 0.29) is 12.1 Å². The normalized spacial score (nSPS) is 36.7. The molecule has 3 saturated heterocycles. The van der Waals surface area contributed by atoms with Crippen LogP contribution in [0.15, 0.2) is 18.2 Å². The molecule has 0 radical (unpaired) electrons. The Labute approximate surface area is 170 Å². The van der Waals surface area contributed by atoms with Gasteiger partial charge in [-0.15, -0.1) is 0 Å². The number of methoxy groups -OCH3 is 1. The van der Waals surface area contributed by atoms with Crippen LogP contribution in [0.5, 0.6) is 5.75 Å². The van der Waals surface area contributed by atoms with E-state index < -0.39 is 22.3 Å². The molecule has 2 bridgehead atoms. The maximum absolute atomic E-state index is 13.2. The van der Waals surface area contributed by atoms with Gasteiger partial charge in [0.25, 0.3) is 0 Å².